The summed E-state index contributed by atoms with van der Waals surface area (Å²) in [6, 6.07) is -0.623. The van der Waals surface area contributed by atoms with Crippen molar-refractivity contribution in [3.8, 4) is 0 Å². The number of nitrogens with one attached hydrogen (secondary N) is 1. The molecule has 1 N–H and O–H groups in total. The fourth-order valence-corrected chi connectivity index (χ4v) is 3.12. The Morgan fingerprint density at radius 3 is 2.11 bits per heavy atom. The summed E-state index contributed by atoms with van der Waals surface area (Å²) in [5, 5.41) is 2.79. The smallest absolute Gasteiger partial charge is 0.245 e. The highest BCUT2D eigenvalue weighted by atomic mass is 16.2. The average molecular weight is 268 g/mol. The Hall–Kier alpha value is -1.06. The van der Waals surface area contributed by atoms with Gasteiger partial charge in [0.25, 0.3) is 0 Å². The zero-order valence-corrected chi connectivity index (χ0v) is 13.1. The molecule has 0 aliphatic carbocycles. The third kappa shape index (κ3) is 3.10. The lowest BCUT2D eigenvalue weighted by molar-refractivity contribution is -0.154. The van der Waals surface area contributed by atoms with Crippen molar-refractivity contribution in [3.63, 3.8) is 0 Å². The summed E-state index contributed by atoms with van der Waals surface area (Å²) >= 11 is 0. The molecule has 1 aliphatic rings. The number of piperazine rings is 1. The van der Waals surface area contributed by atoms with Crippen molar-refractivity contribution in [2.45, 2.75) is 72.5 Å². The maximum absolute atomic E-state index is 12.5. The van der Waals surface area contributed by atoms with E-state index in [0.29, 0.717) is 5.92 Å². The lowest BCUT2D eigenvalue weighted by Gasteiger charge is -2.45. The molecule has 1 fully saturated rings. The minimum absolute atomic E-state index is 0.0140. The first-order valence-corrected chi connectivity index (χ1v) is 7.47. The SMILES string of the molecule is CCC(CC)C(C)N1C(=O)C(C)NC(=O)C1C(C)C. The van der Waals surface area contributed by atoms with Gasteiger partial charge in [-0.1, -0.05) is 40.5 Å². The van der Waals surface area contributed by atoms with Crippen LogP contribution in [-0.2, 0) is 9.59 Å². The Labute approximate surface area is 116 Å². The topological polar surface area (TPSA) is 49.4 Å². The standard InChI is InChI=1S/C15H28N2O2/c1-7-12(8-2)11(6)17-13(9(3)4)14(18)16-10(5)15(17)19/h9-13H,7-8H2,1-6H3,(H,16,18). The van der Waals surface area contributed by atoms with E-state index in [0.717, 1.165) is 12.8 Å². The summed E-state index contributed by atoms with van der Waals surface area (Å²) in [5.74, 6) is 0.620. The maximum Gasteiger partial charge on any atom is 0.245 e. The molecular weight excluding hydrogens is 240 g/mol. The Kier molecular flexibility index (Phi) is 5.39. The summed E-state index contributed by atoms with van der Waals surface area (Å²) in [6.45, 7) is 12.1. The van der Waals surface area contributed by atoms with Crippen LogP contribution in [-0.4, -0.2) is 34.8 Å². The molecule has 0 spiro atoms. The molecule has 0 saturated carbocycles. The fraction of sp³-hybridized carbons (Fsp3) is 0.867. The summed E-state index contributed by atoms with van der Waals surface area (Å²) in [6.07, 6.45) is 2.06. The number of nitrogens with zero attached hydrogens (tertiary/aromatic N) is 1. The van der Waals surface area contributed by atoms with E-state index in [9.17, 15) is 9.59 Å². The molecule has 19 heavy (non-hydrogen) atoms. The first-order chi connectivity index (χ1) is 8.84. The van der Waals surface area contributed by atoms with E-state index in [-0.39, 0.29) is 29.8 Å². The van der Waals surface area contributed by atoms with E-state index in [2.05, 4.69) is 26.1 Å². The largest absolute Gasteiger partial charge is 0.343 e. The first kappa shape index (κ1) is 16.0. The Bertz CT molecular complexity index is 337. The number of rotatable bonds is 5. The number of carbonyl (C=O) groups is 2. The molecule has 2 amide bonds. The lowest BCUT2D eigenvalue weighted by atomic mass is 9.88. The van der Waals surface area contributed by atoms with Crippen LogP contribution in [0.25, 0.3) is 0 Å². The van der Waals surface area contributed by atoms with Crippen LogP contribution in [0.2, 0.25) is 0 Å². The van der Waals surface area contributed by atoms with Gasteiger partial charge in [-0.15, -0.1) is 0 Å². The Morgan fingerprint density at radius 2 is 1.68 bits per heavy atom. The second-order valence-corrected chi connectivity index (χ2v) is 5.98. The van der Waals surface area contributed by atoms with Gasteiger partial charge >= 0.3 is 0 Å². The zero-order valence-electron chi connectivity index (χ0n) is 13.1. The van der Waals surface area contributed by atoms with Crippen molar-refractivity contribution in [1.29, 1.82) is 0 Å². The van der Waals surface area contributed by atoms with Gasteiger partial charge in [0.1, 0.15) is 12.1 Å². The molecule has 0 radical (unpaired) electrons. The average Bonchev–Trinajstić information content (AvgIpc) is 2.34. The van der Waals surface area contributed by atoms with Crippen LogP contribution >= 0.6 is 0 Å². The number of hydrogen-bond acceptors (Lipinski definition) is 2. The number of carbonyl (C=O) groups excluding carboxylic acids is 2. The summed E-state index contributed by atoms with van der Waals surface area (Å²) in [5.41, 5.74) is 0. The van der Waals surface area contributed by atoms with Crippen molar-refractivity contribution in [2.75, 3.05) is 0 Å². The molecule has 0 aromatic heterocycles. The highest BCUT2D eigenvalue weighted by molar-refractivity contribution is 5.97. The molecular formula is C15H28N2O2. The molecule has 0 aromatic rings. The predicted octanol–water partition coefficient (Wildman–Crippen LogP) is 2.18. The van der Waals surface area contributed by atoms with E-state index < -0.39 is 6.04 Å². The van der Waals surface area contributed by atoms with Gasteiger partial charge in [0.2, 0.25) is 11.8 Å². The van der Waals surface area contributed by atoms with Gasteiger partial charge < -0.3 is 10.2 Å². The molecule has 3 unspecified atom stereocenters. The van der Waals surface area contributed by atoms with Crippen LogP contribution in [0, 0.1) is 11.8 Å². The quantitative estimate of drug-likeness (QED) is 0.831. The van der Waals surface area contributed by atoms with Crippen LogP contribution in [0.3, 0.4) is 0 Å². The van der Waals surface area contributed by atoms with Gasteiger partial charge in [0.05, 0.1) is 0 Å². The third-order valence-corrected chi connectivity index (χ3v) is 4.35. The van der Waals surface area contributed by atoms with E-state index in [4.69, 9.17) is 0 Å². The fourth-order valence-electron chi connectivity index (χ4n) is 3.12. The second-order valence-electron chi connectivity index (χ2n) is 5.98. The highest BCUT2D eigenvalue weighted by Gasteiger charge is 2.43. The van der Waals surface area contributed by atoms with Gasteiger partial charge in [0, 0.05) is 6.04 Å². The van der Waals surface area contributed by atoms with Crippen molar-refractivity contribution < 1.29 is 9.59 Å². The van der Waals surface area contributed by atoms with Crippen molar-refractivity contribution >= 4 is 11.8 Å². The van der Waals surface area contributed by atoms with E-state index in [1.54, 1.807) is 6.92 Å². The second kappa shape index (κ2) is 6.40. The highest BCUT2D eigenvalue weighted by Crippen LogP contribution is 2.26. The van der Waals surface area contributed by atoms with Crippen molar-refractivity contribution in [2.24, 2.45) is 11.8 Å². The van der Waals surface area contributed by atoms with Crippen LogP contribution in [0.5, 0.6) is 0 Å². The summed E-state index contributed by atoms with van der Waals surface area (Å²) < 4.78 is 0. The molecule has 0 bridgehead atoms. The summed E-state index contributed by atoms with van der Waals surface area (Å²) in [7, 11) is 0. The molecule has 4 heteroatoms. The normalized spacial score (nSPS) is 26.0. The van der Waals surface area contributed by atoms with Crippen LogP contribution in [0.1, 0.15) is 54.4 Å². The predicted molar refractivity (Wildman–Crippen MR) is 76.6 cm³/mol. The minimum Gasteiger partial charge on any atom is -0.343 e. The monoisotopic (exact) mass is 268 g/mol. The molecule has 110 valence electrons. The Morgan fingerprint density at radius 1 is 1.16 bits per heavy atom. The van der Waals surface area contributed by atoms with Crippen LogP contribution in [0.15, 0.2) is 0 Å². The van der Waals surface area contributed by atoms with Gasteiger partial charge in [-0.25, -0.2) is 0 Å². The van der Waals surface area contributed by atoms with Crippen molar-refractivity contribution in [1.82, 2.24) is 10.2 Å². The van der Waals surface area contributed by atoms with Crippen LogP contribution < -0.4 is 5.32 Å². The van der Waals surface area contributed by atoms with Crippen molar-refractivity contribution in [3.05, 3.63) is 0 Å². The molecule has 0 aromatic carbocycles. The maximum atomic E-state index is 12.5. The minimum atomic E-state index is -0.403. The number of amides is 2. The van der Waals surface area contributed by atoms with E-state index >= 15 is 0 Å². The lowest BCUT2D eigenvalue weighted by Crippen LogP contribution is -2.66. The van der Waals surface area contributed by atoms with E-state index in [1.807, 2.05) is 18.7 Å². The molecule has 3 atom stereocenters. The van der Waals surface area contributed by atoms with Gasteiger partial charge in [0.15, 0.2) is 0 Å². The first-order valence-electron chi connectivity index (χ1n) is 7.47. The number of hydrogen-bond donors (Lipinski definition) is 1. The molecule has 1 saturated heterocycles. The molecule has 1 aliphatic heterocycles. The Balaban J connectivity index is 3.07. The summed E-state index contributed by atoms with van der Waals surface area (Å²) in [4.78, 5) is 26.5. The molecule has 1 heterocycles. The van der Waals surface area contributed by atoms with Gasteiger partial charge in [-0.05, 0) is 25.7 Å². The van der Waals surface area contributed by atoms with Gasteiger partial charge in [-0.2, -0.15) is 0 Å². The molecule has 1 rings (SSSR count). The van der Waals surface area contributed by atoms with Gasteiger partial charge in [-0.3, -0.25) is 9.59 Å². The molecule has 4 nitrogen and oxygen atoms in total. The van der Waals surface area contributed by atoms with E-state index in [1.165, 1.54) is 0 Å². The van der Waals surface area contributed by atoms with Crippen LogP contribution in [0.4, 0.5) is 0 Å². The third-order valence-electron chi connectivity index (χ3n) is 4.35. The zero-order chi connectivity index (χ0) is 14.7.